The van der Waals surface area contributed by atoms with E-state index in [1.54, 1.807) is 7.11 Å². The number of hydrogen-bond donors (Lipinski definition) is 1. The SMILES string of the molecule is CNC(COC)CN(C)C(C)C1CC1. The smallest absolute Gasteiger partial charge is 0.0628 e. The highest BCUT2D eigenvalue weighted by molar-refractivity contribution is 4.85. The van der Waals surface area contributed by atoms with Gasteiger partial charge in [-0.3, -0.25) is 0 Å². The van der Waals surface area contributed by atoms with Gasteiger partial charge in [0, 0.05) is 25.7 Å². The second-order valence-electron chi connectivity index (χ2n) is 4.46. The number of nitrogens with zero attached hydrogens (tertiary/aromatic N) is 1. The van der Waals surface area contributed by atoms with Crippen molar-refractivity contribution >= 4 is 0 Å². The maximum absolute atomic E-state index is 5.16. The molecule has 1 N–H and O–H groups in total. The number of likely N-dealkylation sites (N-methyl/N-ethyl adjacent to an activating group) is 2. The summed E-state index contributed by atoms with van der Waals surface area (Å²) in [5, 5.41) is 3.28. The van der Waals surface area contributed by atoms with E-state index < -0.39 is 0 Å². The second-order valence-corrected chi connectivity index (χ2v) is 4.46. The lowest BCUT2D eigenvalue weighted by molar-refractivity contribution is 0.133. The van der Waals surface area contributed by atoms with Crippen LogP contribution < -0.4 is 5.32 Å². The van der Waals surface area contributed by atoms with Crippen molar-refractivity contribution in [3.63, 3.8) is 0 Å². The Morgan fingerprint density at radius 3 is 2.57 bits per heavy atom. The van der Waals surface area contributed by atoms with Crippen molar-refractivity contribution in [3.05, 3.63) is 0 Å². The molecule has 0 radical (unpaired) electrons. The molecule has 0 amide bonds. The van der Waals surface area contributed by atoms with Crippen LogP contribution in [0.25, 0.3) is 0 Å². The van der Waals surface area contributed by atoms with Crippen LogP contribution in [-0.2, 0) is 4.74 Å². The summed E-state index contributed by atoms with van der Waals surface area (Å²) in [6.07, 6.45) is 2.83. The van der Waals surface area contributed by atoms with Gasteiger partial charge in [-0.2, -0.15) is 0 Å². The average molecular weight is 200 g/mol. The monoisotopic (exact) mass is 200 g/mol. The van der Waals surface area contributed by atoms with Crippen molar-refractivity contribution in [2.45, 2.75) is 31.8 Å². The Bertz CT molecular complexity index is 159. The highest BCUT2D eigenvalue weighted by Gasteiger charge is 2.30. The molecule has 84 valence electrons. The average Bonchev–Trinajstić information content (AvgIpc) is 2.99. The van der Waals surface area contributed by atoms with Crippen molar-refractivity contribution in [2.24, 2.45) is 5.92 Å². The first-order valence-corrected chi connectivity index (χ1v) is 5.55. The minimum Gasteiger partial charge on any atom is -0.383 e. The minimum atomic E-state index is 0.450. The van der Waals surface area contributed by atoms with Gasteiger partial charge in [-0.1, -0.05) is 0 Å². The first kappa shape index (κ1) is 12.0. The van der Waals surface area contributed by atoms with Gasteiger partial charge in [-0.15, -0.1) is 0 Å². The van der Waals surface area contributed by atoms with E-state index in [1.165, 1.54) is 12.8 Å². The largest absolute Gasteiger partial charge is 0.383 e. The zero-order chi connectivity index (χ0) is 10.6. The molecule has 2 atom stereocenters. The van der Waals surface area contributed by atoms with Gasteiger partial charge in [0.1, 0.15) is 0 Å². The molecule has 1 saturated carbocycles. The van der Waals surface area contributed by atoms with Gasteiger partial charge in [0.15, 0.2) is 0 Å². The number of methoxy groups -OCH3 is 1. The molecule has 0 aromatic rings. The van der Waals surface area contributed by atoms with Crippen molar-refractivity contribution < 1.29 is 4.74 Å². The van der Waals surface area contributed by atoms with Crippen molar-refractivity contribution in [1.82, 2.24) is 10.2 Å². The summed E-state index contributed by atoms with van der Waals surface area (Å²) in [4.78, 5) is 2.44. The summed E-state index contributed by atoms with van der Waals surface area (Å²) in [5.41, 5.74) is 0. The highest BCUT2D eigenvalue weighted by atomic mass is 16.5. The predicted octanol–water partition coefficient (Wildman–Crippen LogP) is 0.951. The van der Waals surface area contributed by atoms with Crippen LogP contribution in [-0.4, -0.2) is 51.3 Å². The van der Waals surface area contributed by atoms with E-state index in [2.05, 4.69) is 24.2 Å². The van der Waals surface area contributed by atoms with E-state index in [0.717, 1.165) is 25.1 Å². The maximum Gasteiger partial charge on any atom is 0.0628 e. The standard InChI is InChI=1S/C11H24N2O/c1-9(10-5-6-10)13(3)7-11(12-2)8-14-4/h9-12H,5-8H2,1-4H3. The highest BCUT2D eigenvalue weighted by Crippen LogP contribution is 2.34. The Hall–Kier alpha value is -0.120. The second kappa shape index (κ2) is 5.69. The molecule has 3 heteroatoms. The molecular weight excluding hydrogens is 176 g/mol. The van der Waals surface area contributed by atoms with Crippen LogP contribution in [0.5, 0.6) is 0 Å². The Kier molecular flexibility index (Phi) is 4.85. The van der Waals surface area contributed by atoms with E-state index in [1.807, 2.05) is 7.05 Å². The Morgan fingerprint density at radius 2 is 2.14 bits per heavy atom. The summed E-state index contributed by atoms with van der Waals surface area (Å²) in [6, 6.07) is 1.17. The van der Waals surface area contributed by atoms with Crippen molar-refractivity contribution in [2.75, 3.05) is 34.4 Å². The lowest BCUT2D eigenvalue weighted by Gasteiger charge is -2.28. The van der Waals surface area contributed by atoms with Gasteiger partial charge in [-0.25, -0.2) is 0 Å². The van der Waals surface area contributed by atoms with Crippen LogP contribution in [0.15, 0.2) is 0 Å². The fraction of sp³-hybridized carbons (Fsp3) is 1.00. The molecular formula is C11H24N2O. The third-order valence-electron chi connectivity index (χ3n) is 3.28. The van der Waals surface area contributed by atoms with Gasteiger partial charge in [-0.05, 0) is 39.8 Å². The Labute approximate surface area is 87.8 Å². The van der Waals surface area contributed by atoms with Crippen LogP contribution in [0.4, 0.5) is 0 Å². The predicted molar refractivity (Wildman–Crippen MR) is 59.5 cm³/mol. The zero-order valence-electron chi connectivity index (χ0n) is 9.92. The lowest BCUT2D eigenvalue weighted by Crippen LogP contribution is -2.44. The summed E-state index contributed by atoms with van der Waals surface area (Å²) in [5.74, 6) is 0.944. The van der Waals surface area contributed by atoms with Crippen LogP contribution in [0, 0.1) is 5.92 Å². The Balaban J connectivity index is 2.25. The minimum absolute atomic E-state index is 0.450. The fourth-order valence-electron chi connectivity index (χ4n) is 1.88. The van der Waals surface area contributed by atoms with E-state index in [9.17, 15) is 0 Å². The van der Waals surface area contributed by atoms with Crippen molar-refractivity contribution in [3.8, 4) is 0 Å². The van der Waals surface area contributed by atoms with Crippen LogP contribution in [0.2, 0.25) is 0 Å². The molecule has 0 bridgehead atoms. The van der Waals surface area contributed by atoms with E-state index in [0.29, 0.717) is 6.04 Å². The molecule has 0 saturated heterocycles. The molecule has 0 heterocycles. The molecule has 1 fully saturated rings. The molecule has 2 unspecified atom stereocenters. The Morgan fingerprint density at radius 1 is 1.50 bits per heavy atom. The molecule has 3 nitrogen and oxygen atoms in total. The summed E-state index contributed by atoms with van der Waals surface area (Å²) < 4.78 is 5.16. The topological polar surface area (TPSA) is 24.5 Å². The quantitative estimate of drug-likeness (QED) is 0.662. The first-order chi connectivity index (χ1) is 6.69. The van der Waals surface area contributed by atoms with E-state index in [4.69, 9.17) is 4.74 Å². The molecule has 0 spiro atoms. The molecule has 1 aliphatic rings. The van der Waals surface area contributed by atoms with E-state index >= 15 is 0 Å². The lowest BCUT2D eigenvalue weighted by atomic mass is 10.1. The van der Waals surface area contributed by atoms with E-state index in [-0.39, 0.29) is 0 Å². The number of hydrogen-bond acceptors (Lipinski definition) is 3. The number of nitrogens with one attached hydrogen (secondary N) is 1. The third-order valence-corrected chi connectivity index (χ3v) is 3.28. The van der Waals surface area contributed by atoms with Crippen molar-refractivity contribution in [1.29, 1.82) is 0 Å². The maximum atomic E-state index is 5.16. The van der Waals surface area contributed by atoms with Crippen LogP contribution >= 0.6 is 0 Å². The zero-order valence-corrected chi connectivity index (χ0v) is 9.92. The molecule has 0 aliphatic heterocycles. The van der Waals surface area contributed by atoms with Gasteiger partial charge in [0.25, 0.3) is 0 Å². The van der Waals surface area contributed by atoms with Gasteiger partial charge >= 0.3 is 0 Å². The first-order valence-electron chi connectivity index (χ1n) is 5.55. The summed E-state index contributed by atoms with van der Waals surface area (Å²) in [6.45, 7) is 4.19. The van der Waals surface area contributed by atoms with Crippen LogP contribution in [0.3, 0.4) is 0 Å². The molecule has 1 rings (SSSR count). The summed E-state index contributed by atoms with van der Waals surface area (Å²) in [7, 11) is 5.97. The fourth-order valence-corrected chi connectivity index (χ4v) is 1.88. The molecule has 1 aliphatic carbocycles. The number of ether oxygens (including phenoxy) is 1. The summed E-state index contributed by atoms with van der Waals surface area (Å²) >= 11 is 0. The van der Waals surface area contributed by atoms with Gasteiger partial charge in [0.05, 0.1) is 6.61 Å². The van der Waals surface area contributed by atoms with Gasteiger partial charge in [0.2, 0.25) is 0 Å². The normalized spacial score (nSPS) is 21.2. The van der Waals surface area contributed by atoms with Gasteiger partial charge < -0.3 is 15.0 Å². The molecule has 0 aromatic heterocycles. The van der Waals surface area contributed by atoms with Crippen LogP contribution in [0.1, 0.15) is 19.8 Å². The molecule has 0 aromatic carbocycles. The number of rotatable bonds is 7. The third kappa shape index (κ3) is 3.56. The molecule has 14 heavy (non-hydrogen) atoms.